The molecule has 0 atom stereocenters. The molecule has 1 nitrogen and oxygen atoms in total. The Morgan fingerprint density at radius 1 is 1.21 bits per heavy atom. The Balaban J connectivity index is 3.01. The van der Waals surface area contributed by atoms with Crippen LogP contribution in [-0.4, -0.2) is 5.11 Å². The van der Waals surface area contributed by atoms with Crippen LogP contribution in [0.5, 0.6) is 0 Å². The van der Waals surface area contributed by atoms with E-state index >= 15 is 0 Å². The maximum atomic E-state index is 12.1. The van der Waals surface area contributed by atoms with Crippen molar-refractivity contribution >= 4 is 5.76 Å². The molecule has 0 aliphatic carbocycles. The third-order valence-corrected chi connectivity index (χ3v) is 1.78. The normalized spacial score (nSPS) is 13.0. The predicted octanol–water partition coefficient (Wildman–Crippen LogP) is 3.62. The Hall–Kier alpha value is -1.45. The van der Waals surface area contributed by atoms with Gasteiger partial charge in [0.05, 0.1) is 5.56 Å². The first kappa shape index (κ1) is 10.6. The molecule has 0 radical (unpaired) electrons. The van der Waals surface area contributed by atoms with Gasteiger partial charge in [-0.1, -0.05) is 12.1 Å². The van der Waals surface area contributed by atoms with E-state index in [1.807, 2.05) is 0 Å². The van der Waals surface area contributed by atoms with Gasteiger partial charge in [0.2, 0.25) is 0 Å². The van der Waals surface area contributed by atoms with Gasteiger partial charge in [-0.3, -0.25) is 0 Å². The molecular formula is C10H9F3O. The summed E-state index contributed by atoms with van der Waals surface area (Å²) in [6.45, 7) is 1.60. The van der Waals surface area contributed by atoms with Crippen LogP contribution in [0.2, 0.25) is 0 Å². The minimum Gasteiger partial charge on any atom is -0.508 e. The Bertz CT molecular complexity index is 335. The topological polar surface area (TPSA) is 20.2 Å². The second-order valence-electron chi connectivity index (χ2n) is 2.75. The summed E-state index contributed by atoms with van der Waals surface area (Å²) in [6.07, 6.45) is -2.91. The smallest absolute Gasteiger partial charge is 0.416 e. The van der Waals surface area contributed by atoms with Crippen molar-refractivity contribution in [2.24, 2.45) is 0 Å². The Morgan fingerprint density at radius 2 is 1.71 bits per heavy atom. The zero-order valence-electron chi connectivity index (χ0n) is 7.47. The van der Waals surface area contributed by atoms with E-state index in [1.54, 1.807) is 6.92 Å². The van der Waals surface area contributed by atoms with Gasteiger partial charge in [0.15, 0.2) is 0 Å². The van der Waals surface area contributed by atoms with Crippen LogP contribution in [0.25, 0.3) is 5.76 Å². The van der Waals surface area contributed by atoms with Crippen molar-refractivity contribution in [3.63, 3.8) is 0 Å². The summed E-state index contributed by atoms with van der Waals surface area (Å²) in [5, 5.41) is 9.20. The highest BCUT2D eigenvalue weighted by atomic mass is 19.4. The monoisotopic (exact) mass is 202 g/mol. The van der Waals surface area contributed by atoms with Crippen LogP contribution in [0, 0.1) is 0 Å². The van der Waals surface area contributed by atoms with E-state index in [0.717, 1.165) is 12.1 Å². The molecule has 0 spiro atoms. The van der Waals surface area contributed by atoms with Crippen molar-refractivity contribution in [3.8, 4) is 0 Å². The SMILES string of the molecule is C/C=C(/O)c1ccc(C(F)(F)F)cc1. The molecule has 0 unspecified atom stereocenters. The number of halogens is 3. The second kappa shape index (κ2) is 3.74. The van der Waals surface area contributed by atoms with Gasteiger partial charge in [-0.05, 0) is 25.1 Å². The lowest BCUT2D eigenvalue weighted by Crippen LogP contribution is -2.04. The van der Waals surface area contributed by atoms with Crippen molar-refractivity contribution in [3.05, 3.63) is 41.5 Å². The van der Waals surface area contributed by atoms with Gasteiger partial charge >= 0.3 is 6.18 Å². The van der Waals surface area contributed by atoms with Crippen LogP contribution < -0.4 is 0 Å². The fourth-order valence-electron chi connectivity index (χ4n) is 0.997. The van der Waals surface area contributed by atoms with Crippen LogP contribution in [-0.2, 0) is 6.18 Å². The number of rotatable bonds is 1. The van der Waals surface area contributed by atoms with Gasteiger partial charge in [0, 0.05) is 5.56 Å². The van der Waals surface area contributed by atoms with E-state index in [9.17, 15) is 18.3 Å². The van der Waals surface area contributed by atoms with Crippen molar-refractivity contribution in [1.29, 1.82) is 0 Å². The summed E-state index contributed by atoms with van der Waals surface area (Å²) >= 11 is 0. The molecule has 4 heteroatoms. The minimum absolute atomic E-state index is 0.0290. The Morgan fingerprint density at radius 3 is 2.07 bits per heavy atom. The standard InChI is InChI=1S/C10H9F3O/c1-2-9(14)7-3-5-8(6-4-7)10(11,12)13/h2-6,14H,1H3/b9-2+. The van der Waals surface area contributed by atoms with Gasteiger partial charge in [-0.15, -0.1) is 0 Å². The lowest BCUT2D eigenvalue weighted by atomic mass is 10.1. The number of hydrogen-bond acceptors (Lipinski definition) is 1. The Labute approximate surface area is 79.5 Å². The van der Waals surface area contributed by atoms with Gasteiger partial charge in [0.1, 0.15) is 5.76 Å². The van der Waals surface area contributed by atoms with E-state index in [-0.39, 0.29) is 5.76 Å². The molecule has 0 aliphatic rings. The summed E-state index contributed by atoms with van der Waals surface area (Å²) in [5.41, 5.74) is -0.342. The molecule has 76 valence electrons. The van der Waals surface area contributed by atoms with E-state index in [2.05, 4.69) is 0 Å². The van der Waals surface area contributed by atoms with Crippen LogP contribution in [0.3, 0.4) is 0 Å². The third-order valence-electron chi connectivity index (χ3n) is 1.78. The predicted molar refractivity (Wildman–Crippen MR) is 47.7 cm³/mol. The quantitative estimate of drug-likeness (QED) is 0.689. The average molecular weight is 202 g/mol. The molecule has 1 aromatic rings. The number of alkyl halides is 3. The zero-order chi connectivity index (χ0) is 10.8. The fourth-order valence-corrected chi connectivity index (χ4v) is 0.997. The number of hydrogen-bond donors (Lipinski definition) is 1. The zero-order valence-corrected chi connectivity index (χ0v) is 7.47. The highest BCUT2D eigenvalue weighted by Crippen LogP contribution is 2.29. The van der Waals surface area contributed by atoms with E-state index < -0.39 is 11.7 Å². The molecule has 1 rings (SSSR count). The molecule has 0 amide bonds. The number of aliphatic hydroxyl groups excluding tert-OH is 1. The lowest BCUT2D eigenvalue weighted by molar-refractivity contribution is -0.137. The first-order valence-electron chi connectivity index (χ1n) is 3.98. The molecular weight excluding hydrogens is 193 g/mol. The maximum Gasteiger partial charge on any atom is 0.416 e. The van der Waals surface area contributed by atoms with Crippen LogP contribution in [0.1, 0.15) is 18.1 Å². The Kier molecular flexibility index (Phi) is 2.84. The highest BCUT2D eigenvalue weighted by Gasteiger charge is 2.29. The summed E-state index contributed by atoms with van der Waals surface area (Å²) in [7, 11) is 0. The maximum absolute atomic E-state index is 12.1. The molecule has 0 bridgehead atoms. The molecule has 0 aliphatic heterocycles. The van der Waals surface area contributed by atoms with Gasteiger partial charge in [-0.2, -0.15) is 13.2 Å². The lowest BCUT2D eigenvalue weighted by Gasteiger charge is -2.06. The van der Waals surface area contributed by atoms with Gasteiger partial charge in [0.25, 0.3) is 0 Å². The average Bonchev–Trinajstić information content (AvgIpc) is 2.15. The van der Waals surface area contributed by atoms with Crippen LogP contribution >= 0.6 is 0 Å². The van der Waals surface area contributed by atoms with E-state index in [4.69, 9.17) is 0 Å². The van der Waals surface area contributed by atoms with Crippen molar-refractivity contribution in [2.45, 2.75) is 13.1 Å². The summed E-state index contributed by atoms with van der Waals surface area (Å²) in [6, 6.07) is 4.35. The summed E-state index contributed by atoms with van der Waals surface area (Å²) < 4.78 is 36.4. The number of allylic oxidation sites excluding steroid dienone is 1. The first-order valence-corrected chi connectivity index (χ1v) is 3.98. The largest absolute Gasteiger partial charge is 0.508 e. The summed E-state index contributed by atoms with van der Waals surface area (Å²) in [5.74, 6) is -0.0290. The molecule has 0 aromatic heterocycles. The van der Waals surface area contributed by atoms with Crippen molar-refractivity contribution in [1.82, 2.24) is 0 Å². The number of aliphatic hydroxyl groups is 1. The molecule has 0 heterocycles. The van der Waals surface area contributed by atoms with Gasteiger partial charge < -0.3 is 5.11 Å². The van der Waals surface area contributed by atoms with Crippen molar-refractivity contribution in [2.75, 3.05) is 0 Å². The second-order valence-corrected chi connectivity index (χ2v) is 2.75. The molecule has 1 N–H and O–H groups in total. The molecule has 1 aromatic carbocycles. The molecule has 14 heavy (non-hydrogen) atoms. The summed E-state index contributed by atoms with van der Waals surface area (Å²) in [4.78, 5) is 0. The van der Waals surface area contributed by atoms with Crippen LogP contribution in [0.15, 0.2) is 30.3 Å². The van der Waals surface area contributed by atoms with Crippen LogP contribution in [0.4, 0.5) is 13.2 Å². The molecule has 0 saturated carbocycles. The number of benzene rings is 1. The fraction of sp³-hybridized carbons (Fsp3) is 0.200. The van der Waals surface area contributed by atoms with Crippen molar-refractivity contribution < 1.29 is 18.3 Å². The van der Waals surface area contributed by atoms with E-state index in [0.29, 0.717) is 5.56 Å². The third kappa shape index (κ3) is 2.28. The molecule has 0 saturated heterocycles. The molecule has 0 fully saturated rings. The first-order chi connectivity index (χ1) is 6.45. The van der Waals surface area contributed by atoms with Gasteiger partial charge in [-0.25, -0.2) is 0 Å². The minimum atomic E-state index is -4.33. The van der Waals surface area contributed by atoms with E-state index in [1.165, 1.54) is 18.2 Å². The highest BCUT2D eigenvalue weighted by molar-refractivity contribution is 5.58.